The highest BCUT2D eigenvalue weighted by Crippen LogP contribution is 2.42. The number of carbonyl (C=O) groups is 1. The maximum absolute atomic E-state index is 12.1. The van der Waals surface area contributed by atoms with Crippen molar-refractivity contribution >= 4 is 38.7 Å². The van der Waals surface area contributed by atoms with Crippen LogP contribution in [0.25, 0.3) is 26.2 Å². The van der Waals surface area contributed by atoms with Gasteiger partial charge in [-0.25, -0.2) is 9.97 Å². The Balaban J connectivity index is 1.66. The zero-order valence-electron chi connectivity index (χ0n) is 17.5. The summed E-state index contributed by atoms with van der Waals surface area (Å²) in [6.45, 7) is 6.97. The summed E-state index contributed by atoms with van der Waals surface area (Å²) >= 11 is 1.64. The highest BCUT2D eigenvalue weighted by atomic mass is 32.1. The molecule has 1 aliphatic rings. The van der Waals surface area contributed by atoms with E-state index in [2.05, 4.69) is 30.6 Å². The Labute approximate surface area is 183 Å². The van der Waals surface area contributed by atoms with Crippen LogP contribution in [-0.2, 0) is 4.79 Å². The molecule has 1 atom stereocenters. The lowest BCUT2D eigenvalue weighted by atomic mass is 10.1. The summed E-state index contributed by atoms with van der Waals surface area (Å²) in [5.41, 5.74) is 9.06. The predicted octanol–water partition coefficient (Wildman–Crippen LogP) is 4.01. The van der Waals surface area contributed by atoms with Crippen LogP contribution in [0.2, 0.25) is 0 Å². The molecule has 1 aromatic carbocycles. The highest BCUT2D eigenvalue weighted by Gasteiger charge is 2.31. The first-order valence-corrected chi connectivity index (χ1v) is 10.9. The summed E-state index contributed by atoms with van der Waals surface area (Å²) < 4.78 is 8.71. The maximum atomic E-state index is 12.1. The number of hydrogen-bond acceptors (Lipinski definition) is 6. The molecule has 7 nitrogen and oxygen atoms in total. The van der Waals surface area contributed by atoms with Crippen molar-refractivity contribution in [2.75, 3.05) is 25.9 Å². The summed E-state index contributed by atoms with van der Waals surface area (Å²) in [6, 6.07) is 6.32. The lowest BCUT2D eigenvalue weighted by Gasteiger charge is -2.13. The molecule has 1 aliphatic heterocycles. The second-order valence-electron chi connectivity index (χ2n) is 7.82. The summed E-state index contributed by atoms with van der Waals surface area (Å²) in [4.78, 5) is 24.2. The van der Waals surface area contributed by atoms with Gasteiger partial charge in [0.15, 0.2) is 0 Å². The number of hydrogen-bond donors (Lipinski definition) is 1. The van der Waals surface area contributed by atoms with E-state index in [1.165, 1.54) is 6.08 Å². The van der Waals surface area contributed by atoms with Gasteiger partial charge in [-0.1, -0.05) is 12.6 Å². The van der Waals surface area contributed by atoms with Crippen LogP contribution in [-0.4, -0.2) is 45.4 Å². The molecule has 1 amide bonds. The molecular formula is C23H23N5O2S. The SMILES string of the molecule is C=CC(=O)N1CC[C@H](c2nc(-c3cc4cc(C)cc(OC)c4s3)c3c(N)nccn23)C1. The standard InChI is InChI=1S/C23H23N5O2S/c1-4-18(29)27-7-5-14(12-27)23-26-19(20-22(24)25-6-8-28(20)23)17-11-15-9-13(2)10-16(30-3)21(15)31-17/h4,6,8-11,14H,1,5,7,12H2,2-3H3,(H2,24,25)/t14-/m0/s1. The molecule has 1 saturated heterocycles. The molecule has 31 heavy (non-hydrogen) atoms. The number of thiophene rings is 1. The molecule has 2 N–H and O–H groups in total. The number of aromatic nitrogens is 3. The number of benzene rings is 1. The number of fused-ring (bicyclic) bond motifs is 2. The predicted molar refractivity (Wildman–Crippen MR) is 124 cm³/mol. The van der Waals surface area contributed by atoms with Crippen LogP contribution in [0.3, 0.4) is 0 Å². The number of likely N-dealkylation sites (tertiary alicyclic amines) is 1. The molecule has 0 radical (unpaired) electrons. The molecule has 3 aromatic heterocycles. The summed E-state index contributed by atoms with van der Waals surface area (Å²) in [5.74, 6) is 2.28. The van der Waals surface area contributed by atoms with Crippen molar-refractivity contribution in [1.29, 1.82) is 0 Å². The Hall–Kier alpha value is -3.39. The van der Waals surface area contributed by atoms with Crippen LogP contribution in [0.5, 0.6) is 5.75 Å². The van der Waals surface area contributed by atoms with Gasteiger partial charge in [0.25, 0.3) is 0 Å². The van der Waals surface area contributed by atoms with Gasteiger partial charge in [-0.2, -0.15) is 0 Å². The van der Waals surface area contributed by atoms with E-state index in [9.17, 15) is 4.79 Å². The topological polar surface area (TPSA) is 85.8 Å². The monoisotopic (exact) mass is 433 g/mol. The summed E-state index contributed by atoms with van der Waals surface area (Å²) in [6.07, 6.45) is 5.80. The Morgan fingerprint density at radius 3 is 3.00 bits per heavy atom. The summed E-state index contributed by atoms with van der Waals surface area (Å²) in [5, 5.41) is 1.12. The van der Waals surface area contributed by atoms with Crippen molar-refractivity contribution in [3.8, 4) is 16.3 Å². The number of anilines is 1. The van der Waals surface area contributed by atoms with Crippen LogP contribution in [0.15, 0.2) is 43.2 Å². The number of methoxy groups -OCH3 is 1. The van der Waals surface area contributed by atoms with Gasteiger partial charge in [0.05, 0.1) is 16.7 Å². The van der Waals surface area contributed by atoms with E-state index in [1.54, 1.807) is 24.6 Å². The number of nitrogen functional groups attached to an aromatic ring is 1. The molecule has 5 rings (SSSR count). The number of imidazole rings is 1. The molecule has 4 heterocycles. The second-order valence-corrected chi connectivity index (χ2v) is 8.87. The minimum atomic E-state index is -0.0447. The number of rotatable bonds is 4. The van der Waals surface area contributed by atoms with E-state index < -0.39 is 0 Å². The van der Waals surface area contributed by atoms with Crippen LogP contribution < -0.4 is 10.5 Å². The lowest BCUT2D eigenvalue weighted by Crippen LogP contribution is -2.26. The van der Waals surface area contributed by atoms with Gasteiger partial charge >= 0.3 is 0 Å². The number of aryl methyl sites for hydroxylation is 1. The fraction of sp³-hybridized carbons (Fsp3) is 0.261. The zero-order chi connectivity index (χ0) is 21.7. The van der Waals surface area contributed by atoms with Crippen molar-refractivity contribution in [2.24, 2.45) is 0 Å². The average molecular weight is 434 g/mol. The Morgan fingerprint density at radius 1 is 1.39 bits per heavy atom. The Bertz CT molecular complexity index is 1340. The zero-order valence-corrected chi connectivity index (χ0v) is 18.3. The van der Waals surface area contributed by atoms with Crippen LogP contribution in [0.4, 0.5) is 5.82 Å². The van der Waals surface area contributed by atoms with E-state index in [0.717, 1.165) is 49.7 Å². The van der Waals surface area contributed by atoms with E-state index in [4.69, 9.17) is 15.5 Å². The first-order valence-electron chi connectivity index (χ1n) is 10.1. The molecule has 158 valence electrons. The molecule has 4 aromatic rings. The smallest absolute Gasteiger partial charge is 0.245 e. The third kappa shape index (κ3) is 3.14. The number of carbonyl (C=O) groups excluding carboxylic acids is 1. The molecule has 0 aliphatic carbocycles. The first kappa shape index (κ1) is 19.6. The van der Waals surface area contributed by atoms with E-state index in [-0.39, 0.29) is 11.8 Å². The minimum absolute atomic E-state index is 0.0447. The summed E-state index contributed by atoms with van der Waals surface area (Å²) in [7, 11) is 1.69. The van der Waals surface area contributed by atoms with Gasteiger partial charge in [0, 0.05) is 31.4 Å². The minimum Gasteiger partial charge on any atom is -0.495 e. The largest absolute Gasteiger partial charge is 0.495 e. The molecule has 0 saturated carbocycles. The van der Waals surface area contributed by atoms with Crippen molar-refractivity contribution in [3.63, 3.8) is 0 Å². The average Bonchev–Trinajstić information content (AvgIpc) is 3.48. The molecule has 1 fully saturated rings. The number of nitrogens with two attached hydrogens (primary N) is 1. The van der Waals surface area contributed by atoms with Crippen molar-refractivity contribution in [3.05, 3.63) is 54.6 Å². The Kier molecular flexibility index (Phi) is 4.66. The number of ether oxygens (including phenoxy) is 1. The van der Waals surface area contributed by atoms with Gasteiger partial charge in [-0.05, 0) is 42.5 Å². The first-order chi connectivity index (χ1) is 15.0. The number of amides is 1. The normalized spacial score (nSPS) is 16.3. The van der Waals surface area contributed by atoms with Gasteiger partial charge in [0.1, 0.15) is 28.6 Å². The quantitative estimate of drug-likeness (QED) is 0.492. The van der Waals surface area contributed by atoms with Gasteiger partial charge in [-0.15, -0.1) is 11.3 Å². The molecule has 0 unspecified atom stereocenters. The molecule has 8 heteroatoms. The van der Waals surface area contributed by atoms with E-state index in [0.29, 0.717) is 18.9 Å². The van der Waals surface area contributed by atoms with Gasteiger partial charge in [0.2, 0.25) is 5.91 Å². The van der Waals surface area contributed by atoms with Gasteiger partial charge in [-0.3, -0.25) is 9.20 Å². The Morgan fingerprint density at radius 2 is 2.23 bits per heavy atom. The maximum Gasteiger partial charge on any atom is 0.245 e. The van der Waals surface area contributed by atoms with Crippen molar-refractivity contribution < 1.29 is 9.53 Å². The second kappa shape index (κ2) is 7.39. The van der Waals surface area contributed by atoms with Crippen LogP contribution >= 0.6 is 11.3 Å². The lowest BCUT2D eigenvalue weighted by molar-refractivity contribution is -0.125. The third-order valence-electron chi connectivity index (χ3n) is 5.83. The van der Waals surface area contributed by atoms with Crippen molar-refractivity contribution in [1.82, 2.24) is 19.3 Å². The molecule has 0 spiro atoms. The van der Waals surface area contributed by atoms with Crippen molar-refractivity contribution in [2.45, 2.75) is 19.3 Å². The molecule has 0 bridgehead atoms. The van der Waals surface area contributed by atoms with E-state index >= 15 is 0 Å². The fourth-order valence-corrected chi connectivity index (χ4v) is 5.50. The third-order valence-corrected chi connectivity index (χ3v) is 7.00. The molecular weight excluding hydrogens is 410 g/mol. The highest BCUT2D eigenvalue weighted by molar-refractivity contribution is 7.22. The van der Waals surface area contributed by atoms with Crippen LogP contribution in [0, 0.1) is 6.92 Å². The number of nitrogens with zero attached hydrogens (tertiary/aromatic N) is 4. The van der Waals surface area contributed by atoms with E-state index in [1.807, 2.05) is 21.6 Å². The van der Waals surface area contributed by atoms with Crippen LogP contribution in [0.1, 0.15) is 23.7 Å². The van der Waals surface area contributed by atoms with Gasteiger partial charge < -0.3 is 15.4 Å². The fourth-order valence-electron chi connectivity index (χ4n) is 4.38.